The highest BCUT2D eigenvalue weighted by Gasteiger charge is 2.23. The van der Waals surface area contributed by atoms with Crippen LogP contribution in [0.2, 0.25) is 0 Å². The van der Waals surface area contributed by atoms with Gasteiger partial charge in [0, 0.05) is 5.56 Å². The van der Waals surface area contributed by atoms with Gasteiger partial charge in [-0.05, 0) is 56.2 Å². The second kappa shape index (κ2) is 12.3. The van der Waals surface area contributed by atoms with Gasteiger partial charge in [0.1, 0.15) is 17.4 Å². The number of benzene rings is 2. The predicted octanol–water partition coefficient (Wildman–Crippen LogP) is 1.37. The first-order valence-corrected chi connectivity index (χ1v) is 10.5. The molecule has 0 unspecified atom stereocenters. The van der Waals surface area contributed by atoms with Crippen LogP contribution in [0.15, 0.2) is 48.5 Å². The first kappa shape index (κ1) is 27.1. The highest BCUT2D eigenvalue weighted by Crippen LogP contribution is 2.23. The van der Waals surface area contributed by atoms with E-state index in [1.165, 1.54) is 11.0 Å². The van der Waals surface area contributed by atoms with Crippen molar-refractivity contribution in [2.75, 3.05) is 13.2 Å². The number of hydrogen-bond donors (Lipinski definition) is 6. The molecule has 0 aliphatic heterocycles. The Balaban J connectivity index is 2.00. The highest BCUT2D eigenvalue weighted by molar-refractivity contribution is 5.98. The lowest BCUT2D eigenvalue weighted by molar-refractivity contribution is -0.131. The fourth-order valence-electron chi connectivity index (χ4n) is 2.77. The number of alkyl carbamates (subject to hydrolysis) is 1. The van der Waals surface area contributed by atoms with Crippen molar-refractivity contribution in [3.8, 4) is 16.9 Å². The minimum absolute atomic E-state index is 0.247. The Morgan fingerprint density at radius 3 is 1.97 bits per heavy atom. The fourth-order valence-corrected chi connectivity index (χ4v) is 2.77. The van der Waals surface area contributed by atoms with Crippen LogP contribution in [0.5, 0.6) is 5.75 Å². The van der Waals surface area contributed by atoms with Crippen molar-refractivity contribution in [2.24, 2.45) is 0 Å². The molecule has 0 bridgehead atoms. The molecule has 0 aliphatic rings. The van der Waals surface area contributed by atoms with Gasteiger partial charge in [-0.15, -0.1) is 0 Å². The maximum Gasteiger partial charge on any atom is 0.407 e. The second-order valence-electron chi connectivity index (χ2n) is 8.31. The summed E-state index contributed by atoms with van der Waals surface area (Å²) in [5.74, 6) is -1.75. The summed E-state index contributed by atoms with van der Waals surface area (Å²) in [6.07, 6.45) is -0.778. The van der Waals surface area contributed by atoms with E-state index in [-0.39, 0.29) is 18.7 Å². The molecule has 0 heterocycles. The summed E-state index contributed by atoms with van der Waals surface area (Å²) in [5.41, 5.74) is 4.04. The molecular formula is C23H28N4O8. The third-order valence-corrected chi connectivity index (χ3v) is 4.41. The van der Waals surface area contributed by atoms with E-state index in [2.05, 4.69) is 10.6 Å². The van der Waals surface area contributed by atoms with Gasteiger partial charge in [-0.2, -0.15) is 0 Å². The molecule has 2 aromatic carbocycles. The maximum absolute atomic E-state index is 12.6. The van der Waals surface area contributed by atoms with Crippen LogP contribution in [0.1, 0.15) is 31.1 Å². The quantitative estimate of drug-likeness (QED) is 0.226. The molecule has 0 aromatic heterocycles. The van der Waals surface area contributed by atoms with Crippen LogP contribution in [0.3, 0.4) is 0 Å². The first-order valence-electron chi connectivity index (χ1n) is 10.5. The molecule has 6 N–H and O–H groups in total. The highest BCUT2D eigenvalue weighted by atomic mass is 16.6. The molecule has 0 spiro atoms. The zero-order valence-electron chi connectivity index (χ0n) is 19.5. The zero-order chi connectivity index (χ0) is 26.0. The normalized spacial score (nSPS) is 11.6. The Labute approximate surface area is 201 Å². The van der Waals surface area contributed by atoms with Crippen molar-refractivity contribution in [2.45, 2.75) is 32.4 Å². The summed E-state index contributed by atoms with van der Waals surface area (Å²) in [6.45, 7) is 4.40. The smallest absolute Gasteiger partial charge is 0.407 e. The van der Waals surface area contributed by atoms with Crippen molar-refractivity contribution in [3.05, 3.63) is 54.1 Å². The van der Waals surface area contributed by atoms with E-state index in [1.54, 1.807) is 69.3 Å². The lowest BCUT2D eigenvalue weighted by atomic mass is 10.0. The third kappa shape index (κ3) is 8.95. The fraction of sp³-hybridized carbons (Fsp3) is 0.304. The summed E-state index contributed by atoms with van der Waals surface area (Å²) in [5, 5.41) is 22.3. The molecule has 0 saturated heterocycles. The first-order chi connectivity index (χ1) is 16.5. The van der Waals surface area contributed by atoms with Crippen LogP contribution < -0.4 is 26.3 Å². The van der Waals surface area contributed by atoms with Crippen molar-refractivity contribution in [1.29, 1.82) is 0 Å². The number of ether oxygens (including phenoxy) is 2. The van der Waals surface area contributed by atoms with Gasteiger partial charge in [0.25, 0.3) is 17.7 Å². The molecule has 0 saturated carbocycles. The number of carbonyl (C=O) groups excluding carboxylic acids is 4. The third-order valence-electron chi connectivity index (χ3n) is 4.41. The SMILES string of the molecule is CC(C)(C)OC(=O)NC[C@H](NC(=O)c1ccc(-c2ccc(OCC(=O)NO)cc2)cc1)C(=O)NO. The van der Waals surface area contributed by atoms with E-state index < -0.39 is 35.5 Å². The Morgan fingerprint density at radius 2 is 1.46 bits per heavy atom. The minimum Gasteiger partial charge on any atom is -0.484 e. The monoisotopic (exact) mass is 488 g/mol. The van der Waals surface area contributed by atoms with Gasteiger partial charge < -0.3 is 20.1 Å². The Bertz CT molecular complexity index is 1030. The van der Waals surface area contributed by atoms with Crippen LogP contribution in [0.4, 0.5) is 4.79 Å². The minimum atomic E-state index is -1.25. The van der Waals surface area contributed by atoms with E-state index >= 15 is 0 Å². The Morgan fingerprint density at radius 1 is 0.886 bits per heavy atom. The molecule has 0 aliphatic carbocycles. The molecule has 2 rings (SSSR count). The summed E-state index contributed by atoms with van der Waals surface area (Å²) in [7, 11) is 0. The molecule has 12 nitrogen and oxygen atoms in total. The predicted molar refractivity (Wildman–Crippen MR) is 123 cm³/mol. The van der Waals surface area contributed by atoms with E-state index in [4.69, 9.17) is 19.9 Å². The molecule has 0 radical (unpaired) electrons. The summed E-state index contributed by atoms with van der Waals surface area (Å²) in [4.78, 5) is 47.4. The number of amides is 4. The van der Waals surface area contributed by atoms with E-state index in [1.807, 2.05) is 0 Å². The lowest BCUT2D eigenvalue weighted by Crippen LogP contribution is -2.52. The van der Waals surface area contributed by atoms with Gasteiger partial charge in [-0.3, -0.25) is 24.8 Å². The average molecular weight is 488 g/mol. The largest absolute Gasteiger partial charge is 0.484 e. The molecule has 0 fully saturated rings. The summed E-state index contributed by atoms with van der Waals surface area (Å²) >= 11 is 0. The van der Waals surface area contributed by atoms with Crippen molar-refractivity contribution in [3.63, 3.8) is 0 Å². The molecule has 12 heteroatoms. The van der Waals surface area contributed by atoms with E-state index in [9.17, 15) is 19.2 Å². The topological polar surface area (TPSA) is 175 Å². The number of rotatable bonds is 9. The molecule has 35 heavy (non-hydrogen) atoms. The van der Waals surface area contributed by atoms with Crippen LogP contribution in [0.25, 0.3) is 11.1 Å². The molecular weight excluding hydrogens is 460 g/mol. The number of hydroxylamine groups is 2. The van der Waals surface area contributed by atoms with Crippen molar-refractivity contribution in [1.82, 2.24) is 21.6 Å². The molecule has 4 amide bonds. The second-order valence-corrected chi connectivity index (χ2v) is 8.31. The molecule has 188 valence electrons. The Kier molecular flexibility index (Phi) is 9.55. The van der Waals surface area contributed by atoms with Crippen LogP contribution in [-0.4, -0.2) is 59.0 Å². The van der Waals surface area contributed by atoms with Gasteiger partial charge >= 0.3 is 6.09 Å². The summed E-state index contributed by atoms with van der Waals surface area (Å²) in [6, 6.07) is 12.1. The number of carbonyl (C=O) groups is 4. The maximum atomic E-state index is 12.6. The van der Waals surface area contributed by atoms with Crippen LogP contribution in [0, 0.1) is 0 Å². The van der Waals surface area contributed by atoms with Gasteiger partial charge in [-0.1, -0.05) is 24.3 Å². The average Bonchev–Trinajstić information content (AvgIpc) is 2.83. The van der Waals surface area contributed by atoms with Crippen molar-refractivity contribution < 1.29 is 39.1 Å². The van der Waals surface area contributed by atoms with Crippen LogP contribution in [-0.2, 0) is 14.3 Å². The van der Waals surface area contributed by atoms with Crippen molar-refractivity contribution >= 4 is 23.8 Å². The van der Waals surface area contributed by atoms with Gasteiger partial charge in [-0.25, -0.2) is 15.8 Å². The van der Waals surface area contributed by atoms with Crippen LogP contribution >= 0.6 is 0 Å². The summed E-state index contributed by atoms with van der Waals surface area (Å²) < 4.78 is 10.3. The van der Waals surface area contributed by atoms with E-state index in [0.29, 0.717) is 5.75 Å². The number of nitrogens with one attached hydrogen (secondary N) is 4. The zero-order valence-corrected chi connectivity index (χ0v) is 19.5. The van der Waals surface area contributed by atoms with Gasteiger partial charge in [0.2, 0.25) is 0 Å². The number of hydrogen-bond acceptors (Lipinski definition) is 8. The standard InChI is InChI=1S/C23H28N4O8/c1-23(2,3)35-22(31)24-12-18(21(30)27-33)25-20(29)16-6-4-14(5-7-16)15-8-10-17(11-9-15)34-13-19(28)26-32/h4-11,18,32-33H,12-13H2,1-3H3,(H,24,31)(H,25,29)(H,26,28)(H,27,30)/t18-/m0/s1. The van der Waals surface area contributed by atoms with E-state index in [0.717, 1.165) is 11.1 Å². The van der Waals surface area contributed by atoms with Gasteiger partial charge in [0.15, 0.2) is 6.61 Å². The lowest BCUT2D eigenvalue weighted by Gasteiger charge is -2.22. The molecule has 1 atom stereocenters. The Hall–Kier alpha value is -4.16. The van der Waals surface area contributed by atoms with Gasteiger partial charge in [0.05, 0.1) is 6.54 Å². The molecule has 2 aromatic rings.